The van der Waals surface area contributed by atoms with Crippen molar-refractivity contribution in [1.29, 1.82) is 0 Å². The fraction of sp³-hybridized carbons (Fsp3) is 1.00. The van der Waals surface area contributed by atoms with Crippen molar-refractivity contribution in [1.82, 2.24) is 5.32 Å². The Kier molecular flexibility index (Phi) is 9.11. The summed E-state index contributed by atoms with van der Waals surface area (Å²) in [6.07, 6.45) is 9.18. The minimum atomic E-state index is -0.361. The number of hydrogen-bond acceptors (Lipinski definition) is 4. The fourth-order valence-electron chi connectivity index (χ4n) is 2.33. The van der Waals surface area contributed by atoms with Gasteiger partial charge in [0.1, 0.15) is 0 Å². The molecule has 0 amide bonds. The van der Waals surface area contributed by atoms with Crippen LogP contribution >= 0.6 is 11.8 Å². The lowest BCUT2D eigenvalue weighted by Gasteiger charge is -2.28. The zero-order valence-corrected chi connectivity index (χ0v) is 12.7. The molecule has 0 saturated heterocycles. The Morgan fingerprint density at radius 2 is 2.06 bits per heavy atom. The van der Waals surface area contributed by atoms with Crippen LogP contribution in [0.5, 0.6) is 0 Å². The van der Waals surface area contributed by atoms with Crippen molar-refractivity contribution in [2.45, 2.75) is 62.8 Å². The van der Waals surface area contributed by atoms with Crippen molar-refractivity contribution in [3.63, 3.8) is 0 Å². The molecule has 0 aromatic carbocycles. The second-order valence-electron chi connectivity index (χ2n) is 5.20. The smallest absolute Gasteiger partial charge is 0.0897 e. The lowest BCUT2D eigenvalue weighted by Crippen LogP contribution is -2.39. The molecule has 0 heterocycles. The minimum absolute atomic E-state index is 0.361. The summed E-state index contributed by atoms with van der Waals surface area (Å²) in [6.45, 7) is 4.05. The Morgan fingerprint density at radius 1 is 1.33 bits per heavy atom. The van der Waals surface area contributed by atoms with Gasteiger partial charge in [0.05, 0.1) is 12.7 Å². The Balaban J connectivity index is 1.99. The van der Waals surface area contributed by atoms with E-state index in [1.54, 1.807) is 0 Å². The van der Waals surface area contributed by atoms with Crippen molar-refractivity contribution < 1.29 is 9.84 Å². The molecule has 0 aliphatic heterocycles. The van der Waals surface area contributed by atoms with Crippen LogP contribution in [-0.4, -0.2) is 48.5 Å². The fourth-order valence-corrected chi connectivity index (χ4v) is 3.07. The average molecular weight is 275 g/mol. The maximum absolute atomic E-state index is 9.79. The second kappa shape index (κ2) is 10.1. The largest absolute Gasteiger partial charge is 0.389 e. The number of rotatable bonds is 9. The van der Waals surface area contributed by atoms with E-state index in [9.17, 15) is 5.11 Å². The molecular weight excluding hydrogens is 246 g/mol. The molecular formula is C14H29NO2S. The van der Waals surface area contributed by atoms with Gasteiger partial charge in [0.2, 0.25) is 0 Å². The third kappa shape index (κ3) is 6.98. The highest BCUT2D eigenvalue weighted by molar-refractivity contribution is 7.99. The number of ether oxygens (including phenoxy) is 1. The standard InChI is InChI=1S/C14H29NO2S/c1-3-4-9-17-11-13(16)10-15-12-5-7-14(18-2)8-6-12/h12-16H,3-11H2,1-2H3. The highest BCUT2D eigenvalue weighted by Gasteiger charge is 2.20. The summed E-state index contributed by atoms with van der Waals surface area (Å²) in [6, 6.07) is 0.596. The molecule has 1 aliphatic carbocycles. The quantitative estimate of drug-likeness (QED) is 0.634. The van der Waals surface area contributed by atoms with Gasteiger partial charge < -0.3 is 15.2 Å². The first-order chi connectivity index (χ1) is 8.76. The van der Waals surface area contributed by atoms with Crippen molar-refractivity contribution in [3.05, 3.63) is 0 Å². The third-order valence-corrected chi connectivity index (χ3v) is 4.74. The highest BCUT2D eigenvalue weighted by atomic mass is 32.2. The van der Waals surface area contributed by atoms with Crippen molar-refractivity contribution in [2.24, 2.45) is 0 Å². The van der Waals surface area contributed by atoms with Crippen molar-refractivity contribution >= 4 is 11.8 Å². The first-order valence-corrected chi connectivity index (χ1v) is 8.57. The molecule has 0 spiro atoms. The van der Waals surface area contributed by atoms with E-state index < -0.39 is 0 Å². The molecule has 4 heteroatoms. The van der Waals surface area contributed by atoms with E-state index in [4.69, 9.17) is 4.74 Å². The van der Waals surface area contributed by atoms with E-state index >= 15 is 0 Å². The monoisotopic (exact) mass is 275 g/mol. The van der Waals surface area contributed by atoms with Crippen molar-refractivity contribution in [2.75, 3.05) is 26.0 Å². The Labute approximate surface area is 116 Å². The topological polar surface area (TPSA) is 41.5 Å². The Hall–Kier alpha value is 0.230. The van der Waals surface area contributed by atoms with Gasteiger partial charge in [-0.05, 0) is 38.4 Å². The van der Waals surface area contributed by atoms with Gasteiger partial charge in [-0.2, -0.15) is 11.8 Å². The summed E-state index contributed by atoms with van der Waals surface area (Å²) in [5, 5.41) is 14.1. The van der Waals surface area contributed by atoms with E-state index in [0.717, 1.165) is 24.7 Å². The normalized spacial score (nSPS) is 26.2. The molecule has 0 aromatic heterocycles. The van der Waals surface area contributed by atoms with E-state index in [2.05, 4.69) is 18.5 Å². The van der Waals surface area contributed by atoms with E-state index in [1.165, 1.54) is 25.7 Å². The van der Waals surface area contributed by atoms with Crippen molar-refractivity contribution in [3.8, 4) is 0 Å². The first-order valence-electron chi connectivity index (χ1n) is 7.28. The van der Waals surface area contributed by atoms with Crippen LogP contribution in [-0.2, 0) is 4.74 Å². The van der Waals surface area contributed by atoms with E-state index in [0.29, 0.717) is 19.2 Å². The number of thioether (sulfide) groups is 1. The molecule has 0 radical (unpaired) electrons. The molecule has 1 atom stereocenters. The van der Waals surface area contributed by atoms with Crippen LogP contribution in [0.2, 0.25) is 0 Å². The molecule has 1 unspecified atom stereocenters. The van der Waals surface area contributed by atoms with Gasteiger partial charge in [-0.1, -0.05) is 13.3 Å². The van der Waals surface area contributed by atoms with Crippen LogP contribution in [0.25, 0.3) is 0 Å². The predicted octanol–water partition coefficient (Wildman–Crippen LogP) is 2.43. The third-order valence-electron chi connectivity index (χ3n) is 3.60. The zero-order chi connectivity index (χ0) is 13.2. The van der Waals surface area contributed by atoms with Gasteiger partial charge >= 0.3 is 0 Å². The van der Waals surface area contributed by atoms with Gasteiger partial charge in [0, 0.05) is 24.4 Å². The average Bonchev–Trinajstić information content (AvgIpc) is 2.42. The van der Waals surface area contributed by atoms with Gasteiger partial charge in [0.15, 0.2) is 0 Å². The van der Waals surface area contributed by atoms with Crippen LogP contribution < -0.4 is 5.32 Å². The molecule has 3 nitrogen and oxygen atoms in total. The highest BCUT2D eigenvalue weighted by Crippen LogP contribution is 2.26. The first kappa shape index (κ1) is 16.3. The SMILES string of the molecule is CCCCOCC(O)CNC1CCC(SC)CC1. The molecule has 0 bridgehead atoms. The molecule has 1 saturated carbocycles. The summed E-state index contributed by atoms with van der Waals surface area (Å²) in [4.78, 5) is 0. The summed E-state index contributed by atoms with van der Waals surface area (Å²) in [5.41, 5.74) is 0. The van der Waals surface area contributed by atoms with Crippen LogP contribution in [0.4, 0.5) is 0 Å². The maximum Gasteiger partial charge on any atom is 0.0897 e. The maximum atomic E-state index is 9.79. The van der Waals surface area contributed by atoms with Crippen LogP contribution in [0.15, 0.2) is 0 Å². The number of aliphatic hydroxyl groups excluding tert-OH is 1. The van der Waals surface area contributed by atoms with E-state index in [-0.39, 0.29) is 6.10 Å². The zero-order valence-electron chi connectivity index (χ0n) is 11.9. The Bertz CT molecular complexity index is 196. The number of aliphatic hydroxyl groups is 1. The molecule has 108 valence electrons. The van der Waals surface area contributed by atoms with Crippen LogP contribution in [0.3, 0.4) is 0 Å². The molecule has 1 rings (SSSR count). The predicted molar refractivity (Wildman–Crippen MR) is 79.3 cm³/mol. The molecule has 2 N–H and O–H groups in total. The van der Waals surface area contributed by atoms with Gasteiger partial charge in [-0.25, -0.2) is 0 Å². The van der Waals surface area contributed by atoms with Crippen LogP contribution in [0.1, 0.15) is 45.4 Å². The lowest BCUT2D eigenvalue weighted by molar-refractivity contribution is 0.0340. The van der Waals surface area contributed by atoms with Gasteiger partial charge in [-0.15, -0.1) is 0 Å². The molecule has 0 aromatic rings. The van der Waals surface area contributed by atoms with Crippen LogP contribution in [0, 0.1) is 0 Å². The summed E-state index contributed by atoms with van der Waals surface area (Å²) >= 11 is 1.99. The van der Waals surface area contributed by atoms with Gasteiger partial charge in [-0.3, -0.25) is 0 Å². The Morgan fingerprint density at radius 3 is 2.67 bits per heavy atom. The molecule has 18 heavy (non-hydrogen) atoms. The number of hydrogen-bond donors (Lipinski definition) is 2. The lowest BCUT2D eigenvalue weighted by atomic mass is 9.95. The second-order valence-corrected chi connectivity index (χ2v) is 6.34. The molecule has 1 aliphatic rings. The van der Waals surface area contributed by atoms with Gasteiger partial charge in [0.25, 0.3) is 0 Å². The minimum Gasteiger partial charge on any atom is -0.389 e. The number of unbranched alkanes of at least 4 members (excludes halogenated alkanes) is 1. The summed E-state index contributed by atoms with van der Waals surface area (Å²) in [7, 11) is 0. The molecule has 1 fully saturated rings. The summed E-state index contributed by atoms with van der Waals surface area (Å²) in [5.74, 6) is 0. The van der Waals surface area contributed by atoms with E-state index in [1.807, 2.05) is 11.8 Å². The summed E-state index contributed by atoms with van der Waals surface area (Å²) < 4.78 is 5.42. The number of nitrogens with one attached hydrogen (secondary N) is 1.